The number of hydrogen-bond acceptors (Lipinski definition) is 6. The predicted molar refractivity (Wildman–Crippen MR) is 87.4 cm³/mol. The van der Waals surface area contributed by atoms with Crippen LogP contribution in [-0.2, 0) is 0 Å². The molecule has 1 aromatic heterocycles. The second kappa shape index (κ2) is 7.28. The number of fused-ring (bicyclic) bond motifs is 1. The predicted octanol–water partition coefficient (Wildman–Crippen LogP) is 3.58. The fraction of sp³-hybridized carbons (Fsp3) is 0.118. The number of halogens is 2. The van der Waals surface area contributed by atoms with Crippen molar-refractivity contribution in [2.45, 2.75) is 0 Å². The number of aliphatic hydroxyl groups is 1. The second-order valence-corrected chi connectivity index (χ2v) is 5.16. The molecule has 0 aliphatic rings. The van der Waals surface area contributed by atoms with E-state index in [0.29, 0.717) is 28.8 Å². The molecule has 0 atom stereocenters. The van der Waals surface area contributed by atoms with Crippen LogP contribution >= 0.6 is 0 Å². The Kier molecular flexibility index (Phi) is 4.90. The van der Waals surface area contributed by atoms with Crippen molar-refractivity contribution in [2.24, 2.45) is 0 Å². The van der Waals surface area contributed by atoms with Crippen LogP contribution in [0.4, 0.5) is 14.5 Å². The molecule has 1 heterocycles. The van der Waals surface area contributed by atoms with Gasteiger partial charge in [-0.3, -0.25) is 15.1 Å². The molecule has 26 heavy (non-hydrogen) atoms. The second-order valence-electron chi connectivity index (χ2n) is 5.16. The van der Waals surface area contributed by atoms with Crippen molar-refractivity contribution in [3.8, 4) is 17.2 Å². The van der Waals surface area contributed by atoms with Gasteiger partial charge in [0.1, 0.15) is 18.1 Å². The van der Waals surface area contributed by atoms with Gasteiger partial charge < -0.3 is 14.6 Å². The Morgan fingerprint density at radius 3 is 2.54 bits per heavy atom. The quantitative estimate of drug-likeness (QED) is 0.532. The first-order chi connectivity index (χ1) is 12.5. The maximum absolute atomic E-state index is 14.0. The van der Waals surface area contributed by atoms with E-state index in [-0.39, 0.29) is 19.0 Å². The number of nitro benzene ring substituents is 1. The third-order valence-electron chi connectivity index (χ3n) is 3.44. The molecule has 0 amide bonds. The molecule has 7 nitrogen and oxygen atoms in total. The molecule has 0 spiro atoms. The van der Waals surface area contributed by atoms with Gasteiger partial charge in [0.25, 0.3) is 5.69 Å². The fourth-order valence-corrected chi connectivity index (χ4v) is 2.30. The van der Waals surface area contributed by atoms with E-state index in [1.165, 1.54) is 12.3 Å². The molecule has 0 saturated carbocycles. The molecule has 0 aliphatic heterocycles. The van der Waals surface area contributed by atoms with Crippen LogP contribution in [0.2, 0.25) is 0 Å². The lowest BCUT2D eigenvalue weighted by molar-refractivity contribution is -0.385. The molecule has 2 aromatic carbocycles. The van der Waals surface area contributed by atoms with E-state index in [1.54, 1.807) is 18.2 Å². The summed E-state index contributed by atoms with van der Waals surface area (Å²) in [6.45, 7) is -0.0335. The van der Waals surface area contributed by atoms with Crippen molar-refractivity contribution in [1.82, 2.24) is 4.98 Å². The van der Waals surface area contributed by atoms with Crippen LogP contribution in [0.25, 0.3) is 10.9 Å². The Morgan fingerprint density at radius 2 is 1.88 bits per heavy atom. The summed E-state index contributed by atoms with van der Waals surface area (Å²) in [6.07, 6.45) is 1.38. The SMILES string of the molecule is O=[N+]([O-])c1cc(F)c(Oc2ccnc3cc(OCCO)ccc23)c(F)c1. The Bertz CT molecular complexity index is 958. The molecule has 134 valence electrons. The third-order valence-corrected chi connectivity index (χ3v) is 3.44. The van der Waals surface area contributed by atoms with Crippen LogP contribution in [0.15, 0.2) is 42.6 Å². The standard InChI is InChI=1S/C17H12F2N2O5/c18-13-7-10(21(23)24)8-14(19)17(13)26-16-3-4-20-15-9-11(25-6-5-22)1-2-12(15)16/h1-4,7-9,22H,5-6H2. The molecule has 9 heteroatoms. The van der Waals surface area contributed by atoms with Crippen LogP contribution < -0.4 is 9.47 Å². The van der Waals surface area contributed by atoms with E-state index in [2.05, 4.69) is 4.98 Å². The van der Waals surface area contributed by atoms with Crippen LogP contribution in [0, 0.1) is 21.7 Å². The lowest BCUT2D eigenvalue weighted by Gasteiger charge is -2.11. The zero-order chi connectivity index (χ0) is 18.7. The number of rotatable bonds is 6. The minimum atomic E-state index is -1.19. The molecule has 0 bridgehead atoms. The van der Waals surface area contributed by atoms with E-state index in [0.717, 1.165) is 0 Å². The zero-order valence-corrected chi connectivity index (χ0v) is 13.2. The van der Waals surface area contributed by atoms with E-state index in [9.17, 15) is 18.9 Å². The van der Waals surface area contributed by atoms with Gasteiger partial charge in [0.05, 0.1) is 29.2 Å². The van der Waals surface area contributed by atoms with Gasteiger partial charge in [-0.15, -0.1) is 0 Å². The van der Waals surface area contributed by atoms with Crippen LogP contribution in [0.5, 0.6) is 17.2 Å². The lowest BCUT2D eigenvalue weighted by atomic mass is 10.2. The van der Waals surface area contributed by atoms with E-state index in [1.807, 2.05) is 0 Å². The average Bonchev–Trinajstić information content (AvgIpc) is 2.62. The number of ether oxygens (including phenoxy) is 2. The lowest BCUT2D eigenvalue weighted by Crippen LogP contribution is -2.01. The largest absolute Gasteiger partial charge is 0.491 e. The number of hydrogen-bond donors (Lipinski definition) is 1. The normalized spacial score (nSPS) is 10.7. The molecule has 0 aliphatic carbocycles. The Balaban J connectivity index is 1.98. The van der Waals surface area contributed by atoms with Gasteiger partial charge in [0, 0.05) is 17.6 Å². The highest BCUT2D eigenvalue weighted by Crippen LogP contribution is 2.34. The number of aromatic nitrogens is 1. The van der Waals surface area contributed by atoms with Crippen LogP contribution in [0.1, 0.15) is 0 Å². The summed E-state index contributed by atoms with van der Waals surface area (Å²) < 4.78 is 38.7. The maximum atomic E-state index is 14.0. The average molecular weight is 362 g/mol. The number of pyridine rings is 1. The van der Waals surface area contributed by atoms with Crippen molar-refractivity contribution >= 4 is 16.6 Å². The summed E-state index contributed by atoms with van der Waals surface area (Å²) in [5, 5.41) is 19.9. The summed E-state index contributed by atoms with van der Waals surface area (Å²) in [4.78, 5) is 13.9. The van der Waals surface area contributed by atoms with Gasteiger partial charge in [-0.1, -0.05) is 0 Å². The Labute approximate surface area is 145 Å². The van der Waals surface area contributed by atoms with Crippen molar-refractivity contribution in [3.63, 3.8) is 0 Å². The topological polar surface area (TPSA) is 94.7 Å². The minimum Gasteiger partial charge on any atom is -0.491 e. The Hall–Kier alpha value is -3.33. The van der Waals surface area contributed by atoms with Crippen molar-refractivity contribution in [1.29, 1.82) is 0 Å². The third kappa shape index (κ3) is 3.52. The summed E-state index contributed by atoms with van der Waals surface area (Å²) in [5.41, 5.74) is -0.265. The molecule has 3 rings (SSSR count). The monoisotopic (exact) mass is 362 g/mol. The first-order valence-electron chi connectivity index (χ1n) is 7.43. The number of nitro groups is 1. The first kappa shape index (κ1) is 17.5. The van der Waals surface area contributed by atoms with Crippen molar-refractivity contribution < 1.29 is 28.3 Å². The first-order valence-corrected chi connectivity index (χ1v) is 7.43. The molecule has 0 saturated heterocycles. The van der Waals surface area contributed by atoms with E-state index >= 15 is 0 Å². The summed E-state index contributed by atoms with van der Waals surface area (Å²) in [5.74, 6) is -2.54. The number of benzene rings is 2. The van der Waals surface area contributed by atoms with Crippen molar-refractivity contribution in [2.75, 3.05) is 13.2 Å². The molecule has 0 radical (unpaired) electrons. The zero-order valence-electron chi connectivity index (χ0n) is 13.2. The van der Waals surface area contributed by atoms with Gasteiger partial charge in [-0.25, -0.2) is 8.78 Å². The van der Waals surface area contributed by atoms with Gasteiger partial charge in [0.2, 0.25) is 0 Å². The van der Waals surface area contributed by atoms with Gasteiger partial charge in [-0.05, 0) is 18.2 Å². The van der Waals surface area contributed by atoms with E-state index in [4.69, 9.17) is 14.6 Å². The highest BCUT2D eigenvalue weighted by molar-refractivity contribution is 5.86. The van der Waals surface area contributed by atoms with Crippen LogP contribution in [0.3, 0.4) is 0 Å². The highest BCUT2D eigenvalue weighted by atomic mass is 19.1. The molecule has 0 fully saturated rings. The fourth-order valence-electron chi connectivity index (χ4n) is 2.30. The van der Waals surface area contributed by atoms with Gasteiger partial charge in [0.15, 0.2) is 17.4 Å². The molecular formula is C17H12F2N2O5. The summed E-state index contributed by atoms with van der Waals surface area (Å²) >= 11 is 0. The number of aliphatic hydroxyl groups excluding tert-OH is 1. The molecular weight excluding hydrogens is 350 g/mol. The van der Waals surface area contributed by atoms with Gasteiger partial charge >= 0.3 is 0 Å². The summed E-state index contributed by atoms with van der Waals surface area (Å²) in [7, 11) is 0. The van der Waals surface area contributed by atoms with E-state index < -0.39 is 28.0 Å². The number of nitrogens with zero attached hydrogens (tertiary/aromatic N) is 2. The smallest absolute Gasteiger partial charge is 0.275 e. The van der Waals surface area contributed by atoms with Gasteiger partial charge in [-0.2, -0.15) is 0 Å². The molecule has 1 N–H and O–H groups in total. The Morgan fingerprint density at radius 1 is 1.15 bits per heavy atom. The number of non-ortho nitro benzene ring substituents is 1. The molecule has 3 aromatic rings. The minimum absolute atomic E-state index is 0.112. The van der Waals surface area contributed by atoms with Crippen LogP contribution in [-0.4, -0.2) is 28.2 Å². The van der Waals surface area contributed by atoms with Crippen molar-refractivity contribution in [3.05, 3.63) is 64.3 Å². The summed E-state index contributed by atoms with van der Waals surface area (Å²) in [6, 6.07) is 7.35. The highest BCUT2D eigenvalue weighted by Gasteiger charge is 2.19. The molecule has 0 unspecified atom stereocenters. The maximum Gasteiger partial charge on any atom is 0.275 e.